The molecule has 0 unspecified atom stereocenters. The summed E-state index contributed by atoms with van der Waals surface area (Å²) in [5.74, 6) is -0.158. The number of rotatable bonds is 4. The second kappa shape index (κ2) is 7.45. The molecule has 162 valence electrons. The van der Waals surface area contributed by atoms with Crippen LogP contribution in [0.25, 0.3) is 11.0 Å². The number of carbonyl (C=O) groups excluding carboxylic acids is 1. The summed E-state index contributed by atoms with van der Waals surface area (Å²) >= 11 is 0. The number of ether oxygens (including phenoxy) is 2. The summed E-state index contributed by atoms with van der Waals surface area (Å²) in [5, 5.41) is 17.0. The predicted octanol–water partition coefficient (Wildman–Crippen LogP) is 3.34. The van der Waals surface area contributed by atoms with E-state index in [4.69, 9.17) is 18.4 Å². The van der Waals surface area contributed by atoms with Crippen LogP contribution in [0.4, 0.5) is 5.82 Å². The van der Waals surface area contributed by atoms with Crippen LogP contribution in [0.2, 0.25) is 0 Å². The van der Waals surface area contributed by atoms with Crippen LogP contribution < -0.4 is 20.4 Å². The SMILES string of the molecule is COc1cc([C@H]2c3c(c4ccccc4oc3=O)O[C@H]2C(=O)Nc2cc(C)on2)ccc1O. The second-order valence-corrected chi connectivity index (χ2v) is 7.39. The number of phenols is 1. The van der Waals surface area contributed by atoms with E-state index in [1.807, 2.05) is 0 Å². The number of methoxy groups -OCH3 is 1. The summed E-state index contributed by atoms with van der Waals surface area (Å²) in [4.78, 5) is 26.2. The van der Waals surface area contributed by atoms with E-state index in [1.54, 1.807) is 49.4 Å². The molecule has 9 nitrogen and oxygen atoms in total. The summed E-state index contributed by atoms with van der Waals surface area (Å²) in [6.07, 6.45) is -1.11. The number of benzene rings is 2. The van der Waals surface area contributed by atoms with Gasteiger partial charge in [-0.2, -0.15) is 0 Å². The highest BCUT2D eigenvalue weighted by molar-refractivity contribution is 5.97. The Morgan fingerprint density at radius 1 is 1.19 bits per heavy atom. The highest BCUT2D eigenvalue weighted by Crippen LogP contribution is 2.45. The number of aryl methyl sites for hydroxylation is 1. The standard InChI is InChI=1S/C23H18N2O7/c1-11-9-17(25-32-11)24-22(27)21-18(12-7-8-14(26)16(10-12)29-2)19-20(31-21)13-5-3-4-6-15(13)30-23(19)28/h3-10,18,21,26H,1-2H3,(H,24,25,27)/t18-,21+/m0/s1. The van der Waals surface area contributed by atoms with Gasteiger partial charge in [-0.1, -0.05) is 23.4 Å². The van der Waals surface area contributed by atoms with Gasteiger partial charge in [0.15, 0.2) is 23.4 Å². The van der Waals surface area contributed by atoms with E-state index >= 15 is 0 Å². The number of hydrogen-bond acceptors (Lipinski definition) is 8. The highest BCUT2D eigenvalue weighted by Gasteiger charge is 2.44. The summed E-state index contributed by atoms with van der Waals surface area (Å²) in [5.41, 5.74) is 0.500. The van der Waals surface area contributed by atoms with Crippen LogP contribution in [0, 0.1) is 6.92 Å². The minimum absolute atomic E-state index is 0.0694. The first-order chi connectivity index (χ1) is 15.5. The quantitative estimate of drug-likeness (QED) is 0.469. The van der Waals surface area contributed by atoms with Crippen LogP contribution >= 0.6 is 0 Å². The van der Waals surface area contributed by atoms with Crippen molar-refractivity contribution in [2.24, 2.45) is 0 Å². The van der Waals surface area contributed by atoms with E-state index in [9.17, 15) is 14.7 Å². The Morgan fingerprint density at radius 3 is 2.75 bits per heavy atom. The maximum absolute atomic E-state index is 13.2. The third kappa shape index (κ3) is 3.15. The molecule has 2 aromatic heterocycles. The molecule has 9 heteroatoms. The smallest absolute Gasteiger partial charge is 0.344 e. The van der Waals surface area contributed by atoms with Crippen LogP contribution in [0.15, 0.2) is 62.3 Å². The number of carbonyl (C=O) groups is 1. The van der Waals surface area contributed by atoms with E-state index in [0.717, 1.165) is 0 Å². The Hall–Kier alpha value is -4.27. The Labute approximate surface area is 181 Å². The van der Waals surface area contributed by atoms with Crippen molar-refractivity contribution in [3.05, 3.63) is 75.8 Å². The lowest BCUT2D eigenvalue weighted by Gasteiger charge is -2.18. The van der Waals surface area contributed by atoms with Gasteiger partial charge in [0.1, 0.15) is 17.1 Å². The molecule has 2 N–H and O–H groups in total. The molecule has 0 bridgehead atoms. The molecular weight excluding hydrogens is 416 g/mol. The largest absolute Gasteiger partial charge is 0.504 e. The van der Waals surface area contributed by atoms with Crippen LogP contribution in [-0.2, 0) is 4.79 Å². The van der Waals surface area contributed by atoms with Crippen LogP contribution in [-0.4, -0.2) is 29.4 Å². The molecular formula is C23H18N2O7. The average molecular weight is 434 g/mol. The molecule has 4 aromatic rings. The minimum Gasteiger partial charge on any atom is -0.504 e. The van der Waals surface area contributed by atoms with E-state index in [-0.39, 0.29) is 28.6 Å². The zero-order valence-corrected chi connectivity index (χ0v) is 17.1. The first-order valence-corrected chi connectivity index (χ1v) is 9.79. The van der Waals surface area contributed by atoms with Crippen molar-refractivity contribution in [1.82, 2.24) is 5.16 Å². The number of hydrogen-bond donors (Lipinski definition) is 2. The zero-order chi connectivity index (χ0) is 22.4. The first-order valence-electron chi connectivity index (χ1n) is 9.79. The van der Waals surface area contributed by atoms with E-state index in [1.165, 1.54) is 13.2 Å². The third-order valence-electron chi connectivity index (χ3n) is 5.36. The second-order valence-electron chi connectivity index (χ2n) is 7.39. The van der Waals surface area contributed by atoms with Crippen molar-refractivity contribution < 1.29 is 28.3 Å². The van der Waals surface area contributed by atoms with Gasteiger partial charge in [-0.15, -0.1) is 0 Å². The Kier molecular flexibility index (Phi) is 4.58. The molecule has 32 heavy (non-hydrogen) atoms. The molecule has 5 rings (SSSR count). The molecule has 3 heterocycles. The Balaban J connectivity index is 1.66. The maximum Gasteiger partial charge on any atom is 0.344 e. The van der Waals surface area contributed by atoms with Gasteiger partial charge in [0.25, 0.3) is 5.91 Å². The van der Waals surface area contributed by atoms with Crippen molar-refractivity contribution in [3.63, 3.8) is 0 Å². The van der Waals surface area contributed by atoms with E-state index < -0.39 is 23.6 Å². The number of anilines is 1. The molecule has 2 atom stereocenters. The van der Waals surface area contributed by atoms with Crippen LogP contribution in [0.1, 0.15) is 22.8 Å². The molecule has 2 aromatic carbocycles. The molecule has 0 aliphatic carbocycles. The molecule has 0 saturated heterocycles. The lowest BCUT2D eigenvalue weighted by atomic mass is 9.88. The van der Waals surface area contributed by atoms with Gasteiger partial charge >= 0.3 is 5.63 Å². The number of nitrogens with one attached hydrogen (secondary N) is 1. The van der Waals surface area contributed by atoms with Gasteiger partial charge in [0.2, 0.25) is 0 Å². The highest BCUT2D eigenvalue weighted by atomic mass is 16.5. The Morgan fingerprint density at radius 2 is 2.00 bits per heavy atom. The molecule has 1 aliphatic heterocycles. The fraction of sp³-hybridized carbons (Fsp3) is 0.174. The van der Waals surface area contributed by atoms with Crippen molar-refractivity contribution in [2.45, 2.75) is 18.9 Å². The van der Waals surface area contributed by atoms with Gasteiger partial charge in [-0.05, 0) is 36.8 Å². The predicted molar refractivity (Wildman–Crippen MR) is 113 cm³/mol. The first kappa shape index (κ1) is 19.7. The van der Waals surface area contributed by atoms with Crippen molar-refractivity contribution in [1.29, 1.82) is 0 Å². The number of amides is 1. The topological polar surface area (TPSA) is 124 Å². The number of aromatic nitrogens is 1. The fourth-order valence-corrected chi connectivity index (χ4v) is 3.93. The van der Waals surface area contributed by atoms with Gasteiger partial charge in [-0.3, -0.25) is 4.79 Å². The number of phenolic OH excluding ortho intramolecular Hbond substituents is 1. The van der Waals surface area contributed by atoms with Crippen LogP contribution in [0.5, 0.6) is 17.2 Å². The fourth-order valence-electron chi connectivity index (χ4n) is 3.93. The van der Waals surface area contributed by atoms with E-state index in [2.05, 4.69) is 10.5 Å². The third-order valence-corrected chi connectivity index (χ3v) is 5.36. The summed E-state index contributed by atoms with van der Waals surface area (Å²) < 4.78 is 21.8. The summed E-state index contributed by atoms with van der Waals surface area (Å²) in [6.45, 7) is 1.70. The molecule has 0 saturated carbocycles. The van der Waals surface area contributed by atoms with Crippen molar-refractivity contribution in [3.8, 4) is 17.2 Å². The molecule has 0 fully saturated rings. The molecule has 0 spiro atoms. The summed E-state index contributed by atoms with van der Waals surface area (Å²) in [7, 11) is 1.41. The van der Waals surface area contributed by atoms with Crippen molar-refractivity contribution >= 4 is 22.7 Å². The van der Waals surface area contributed by atoms with Crippen molar-refractivity contribution in [2.75, 3.05) is 12.4 Å². The lowest BCUT2D eigenvalue weighted by molar-refractivity contribution is -0.122. The maximum atomic E-state index is 13.2. The number of nitrogens with zero attached hydrogens (tertiary/aromatic N) is 1. The van der Waals surface area contributed by atoms with Gasteiger partial charge in [-0.25, -0.2) is 4.79 Å². The number of aromatic hydroxyl groups is 1. The monoisotopic (exact) mass is 434 g/mol. The number of para-hydroxylation sites is 1. The van der Waals surface area contributed by atoms with Crippen LogP contribution in [0.3, 0.4) is 0 Å². The average Bonchev–Trinajstić information content (AvgIpc) is 3.38. The number of fused-ring (bicyclic) bond motifs is 3. The molecule has 1 aliphatic rings. The lowest BCUT2D eigenvalue weighted by Crippen LogP contribution is -2.35. The normalized spacial score (nSPS) is 17.1. The van der Waals surface area contributed by atoms with Gasteiger partial charge in [0.05, 0.1) is 24.0 Å². The zero-order valence-electron chi connectivity index (χ0n) is 17.1. The molecule has 0 radical (unpaired) electrons. The summed E-state index contributed by atoms with van der Waals surface area (Å²) in [6, 6.07) is 13.1. The van der Waals surface area contributed by atoms with E-state index in [0.29, 0.717) is 22.3 Å². The molecule has 1 amide bonds. The minimum atomic E-state index is -1.11. The Bertz CT molecular complexity index is 1410. The van der Waals surface area contributed by atoms with Gasteiger partial charge in [0, 0.05) is 6.07 Å². The van der Waals surface area contributed by atoms with Gasteiger partial charge < -0.3 is 28.8 Å².